The molecule has 1 rings (SSSR count). The molecule has 1 atom stereocenters. The number of halogens is 1. The first-order valence-electron chi connectivity index (χ1n) is 4.82. The van der Waals surface area contributed by atoms with Gasteiger partial charge in [-0.2, -0.15) is 0 Å². The molecule has 1 aromatic rings. The summed E-state index contributed by atoms with van der Waals surface area (Å²) in [6.07, 6.45) is 1.53. The van der Waals surface area contributed by atoms with Crippen molar-refractivity contribution in [2.75, 3.05) is 5.32 Å². The number of nitrogens with one attached hydrogen (secondary N) is 1. The number of anilines is 1. The Kier molecular flexibility index (Phi) is 4.52. The molecule has 4 nitrogen and oxygen atoms in total. The lowest BCUT2D eigenvalue weighted by molar-refractivity contribution is -0.117. The topological polar surface area (TPSA) is 68.0 Å². The molecule has 0 spiro atoms. The van der Waals surface area contributed by atoms with Crippen molar-refractivity contribution >= 4 is 23.3 Å². The van der Waals surface area contributed by atoms with Gasteiger partial charge in [-0.05, 0) is 18.6 Å². The summed E-state index contributed by atoms with van der Waals surface area (Å²) in [5, 5.41) is 2.95. The predicted octanol–water partition coefficient (Wildman–Crippen LogP) is 1.80. The molecule has 0 aromatic carbocycles. The normalized spacial score (nSPS) is 12.2. The maximum Gasteiger partial charge on any atom is 0.242 e. The van der Waals surface area contributed by atoms with Gasteiger partial charge in [-0.15, -0.1) is 0 Å². The molecule has 0 aliphatic heterocycles. The van der Waals surface area contributed by atoms with Gasteiger partial charge in [-0.1, -0.05) is 31.0 Å². The minimum Gasteiger partial charge on any atom is -0.320 e. The Morgan fingerprint density at radius 1 is 1.67 bits per heavy atom. The Hall–Kier alpha value is -1.13. The van der Waals surface area contributed by atoms with E-state index in [1.165, 1.54) is 0 Å². The summed E-state index contributed by atoms with van der Waals surface area (Å²) in [5.74, 6) is 0.200. The highest BCUT2D eigenvalue weighted by molar-refractivity contribution is 6.29. The van der Waals surface area contributed by atoms with Crippen molar-refractivity contribution < 1.29 is 4.79 Å². The molecule has 0 unspecified atom stereocenters. The monoisotopic (exact) mass is 227 g/mol. The molecule has 5 heteroatoms. The number of rotatable bonds is 4. The third-order valence-corrected chi connectivity index (χ3v) is 2.11. The van der Waals surface area contributed by atoms with Gasteiger partial charge in [0.05, 0.1) is 6.04 Å². The van der Waals surface area contributed by atoms with Gasteiger partial charge in [0, 0.05) is 0 Å². The summed E-state index contributed by atoms with van der Waals surface area (Å²) in [4.78, 5) is 15.4. The fourth-order valence-electron chi connectivity index (χ4n) is 1.14. The van der Waals surface area contributed by atoms with E-state index in [4.69, 9.17) is 17.3 Å². The number of aromatic nitrogens is 1. The van der Waals surface area contributed by atoms with Crippen LogP contribution in [0.1, 0.15) is 19.8 Å². The Bertz CT molecular complexity index is 343. The maximum absolute atomic E-state index is 11.5. The van der Waals surface area contributed by atoms with Crippen LogP contribution in [0.25, 0.3) is 0 Å². The maximum atomic E-state index is 11.5. The zero-order valence-corrected chi connectivity index (χ0v) is 9.29. The largest absolute Gasteiger partial charge is 0.320 e. The summed E-state index contributed by atoms with van der Waals surface area (Å²) < 4.78 is 0. The third-order valence-electron chi connectivity index (χ3n) is 1.90. The second-order valence-corrected chi connectivity index (χ2v) is 3.62. The Balaban J connectivity index is 2.58. The van der Waals surface area contributed by atoms with Crippen LogP contribution < -0.4 is 11.1 Å². The van der Waals surface area contributed by atoms with Crippen LogP contribution in [0.15, 0.2) is 18.2 Å². The van der Waals surface area contributed by atoms with E-state index in [-0.39, 0.29) is 5.91 Å². The number of nitrogens with two attached hydrogens (primary N) is 1. The summed E-state index contributed by atoms with van der Waals surface area (Å²) in [5.41, 5.74) is 5.64. The van der Waals surface area contributed by atoms with Gasteiger partial charge in [0.2, 0.25) is 5.91 Å². The van der Waals surface area contributed by atoms with E-state index in [1.807, 2.05) is 6.92 Å². The summed E-state index contributed by atoms with van der Waals surface area (Å²) >= 11 is 5.68. The van der Waals surface area contributed by atoms with E-state index in [0.717, 1.165) is 6.42 Å². The van der Waals surface area contributed by atoms with Crippen molar-refractivity contribution in [3.05, 3.63) is 23.4 Å². The van der Waals surface area contributed by atoms with Crippen LogP contribution in [0.3, 0.4) is 0 Å². The number of pyridine rings is 1. The molecule has 0 radical (unpaired) electrons. The first-order valence-corrected chi connectivity index (χ1v) is 5.20. The van der Waals surface area contributed by atoms with Crippen molar-refractivity contribution in [1.82, 2.24) is 4.98 Å². The smallest absolute Gasteiger partial charge is 0.242 e. The average molecular weight is 228 g/mol. The van der Waals surface area contributed by atoms with Crippen molar-refractivity contribution in [3.63, 3.8) is 0 Å². The number of carbonyl (C=O) groups excluding carboxylic acids is 1. The van der Waals surface area contributed by atoms with E-state index < -0.39 is 6.04 Å². The van der Waals surface area contributed by atoms with E-state index in [1.54, 1.807) is 18.2 Å². The molecule has 0 saturated carbocycles. The van der Waals surface area contributed by atoms with Crippen LogP contribution in [-0.2, 0) is 4.79 Å². The van der Waals surface area contributed by atoms with Gasteiger partial charge in [0.25, 0.3) is 0 Å². The van der Waals surface area contributed by atoms with Crippen molar-refractivity contribution in [2.24, 2.45) is 5.73 Å². The summed E-state index contributed by atoms with van der Waals surface area (Å²) in [6, 6.07) is 4.54. The molecule has 0 bridgehead atoms. The highest BCUT2D eigenvalue weighted by atomic mass is 35.5. The zero-order valence-electron chi connectivity index (χ0n) is 8.53. The lowest BCUT2D eigenvalue weighted by Gasteiger charge is -2.10. The number of nitrogens with zero attached hydrogens (tertiary/aromatic N) is 1. The summed E-state index contributed by atoms with van der Waals surface area (Å²) in [7, 11) is 0. The molecule has 3 N–H and O–H groups in total. The van der Waals surface area contributed by atoms with Crippen LogP contribution in [0.4, 0.5) is 5.82 Å². The zero-order chi connectivity index (χ0) is 11.3. The van der Waals surface area contributed by atoms with Gasteiger partial charge in [-0.3, -0.25) is 4.79 Å². The first-order chi connectivity index (χ1) is 7.13. The number of hydrogen-bond acceptors (Lipinski definition) is 3. The van der Waals surface area contributed by atoms with Crippen molar-refractivity contribution in [1.29, 1.82) is 0 Å². The fraction of sp³-hybridized carbons (Fsp3) is 0.400. The van der Waals surface area contributed by atoms with Crippen LogP contribution >= 0.6 is 11.6 Å². The highest BCUT2D eigenvalue weighted by Crippen LogP contribution is 2.09. The van der Waals surface area contributed by atoms with Gasteiger partial charge < -0.3 is 11.1 Å². The molecular weight excluding hydrogens is 214 g/mol. The van der Waals surface area contributed by atoms with Gasteiger partial charge in [0.15, 0.2) is 0 Å². The minimum atomic E-state index is -0.490. The lowest BCUT2D eigenvalue weighted by atomic mass is 10.2. The third kappa shape index (κ3) is 3.85. The predicted molar refractivity (Wildman–Crippen MR) is 60.8 cm³/mol. The second kappa shape index (κ2) is 5.68. The molecule has 1 aromatic heterocycles. The van der Waals surface area contributed by atoms with Gasteiger partial charge in [-0.25, -0.2) is 4.98 Å². The molecule has 1 amide bonds. The SMILES string of the molecule is CCC[C@H](N)C(=O)Nc1cccc(Cl)n1. The molecule has 82 valence electrons. The fourth-order valence-corrected chi connectivity index (χ4v) is 1.30. The highest BCUT2D eigenvalue weighted by Gasteiger charge is 2.12. The number of hydrogen-bond donors (Lipinski definition) is 2. The van der Waals surface area contributed by atoms with Gasteiger partial charge in [0.1, 0.15) is 11.0 Å². The van der Waals surface area contributed by atoms with E-state index in [2.05, 4.69) is 10.3 Å². The second-order valence-electron chi connectivity index (χ2n) is 3.23. The Morgan fingerprint density at radius 3 is 3.00 bits per heavy atom. The minimum absolute atomic E-state index is 0.230. The Morgan fingerprint density at radius 2 is 2.40 bits per heavy atom. The average Bonchev–Trinajstić information content (AvgIpc) is 2.18. The van der Waals surface area contributed by atoms with E-state index >= 15 is 0 Å². The van der Waals surface area contributed by atoms with Crippen molar-refractivity contribution in [3.8, 4) is 0 Å². The number of carbonyl (C=O) groups is 1. The molecule has 0 fully saturated rings. The molecule has 0 saturated heterocycles. The first kappa shape index (κ1) is 11.9. The van der Waals surface area contributed by atoms with Crippen LogP contribution in [0, 0.1) is 0 Å². The molecule has 15 heavy (non-hydrogen) atoms. The molecule has 0 aliphatic rings. The van der Waals surface area contributed by atoms with Gasteiger partial charge >= 0.3 is 0 Å². The van der Waals surface area contributed by atoms with Crippen LogP contribution in [0.5, 0.6) is 0 Å². The molecule has 1 heterocycles. The van der Waals surface area contributed by atoms with Crippen LogP contribution in [0.2, 0.25) is 5.15 Å². The van der Waals surface area contributed by atoms with E-state index in [9.17, 15) is 4.79 Å². The van der Waals surface area contributed by atoms with Crippen LogP contribution in [-0.4, -0.2) is 16.9 Å². The lowest BCUT2D eigenvalue weighted by Crippen LogP contribution is -2.35. The quantitative estimate of drug-likeness (QED) is 0.771. The number of amides is 1. The van der Waals surface area contributed by atoms with Crippen molar-refractivity contribution in [2.45, 2.75) is 25.8 Å². The van der Waals surface area contributed by atoms with E-state index in [0.29, 0.717) is 17.4 Å². The summed E-state index contributed by atoms with van der Waals surface area (Å²) in [6.45, 7) is 1.98. The standard InChI is InChI=1S/C10H14ClN3O/c1-2-4-7(12)10(15)14-9-6-3-5-8(11)13-9/h3,5-7H,2,4,12H2,1H3,(H,13,14,15)/t7-/m0/s1. The molecular formula is C10H14ClN3O. The Labute approximate surface area is 93.8 Å². The molecule has 0 aliphatic carbocycles.